The van der Waals surface area contributed by atoms with Crippen molar-refractivity contribution in [1.82, 2.24) is 5.32 Å². The SMILES string of the molecule is C#CCCNCC(N)=NO. The Kier molecular flexibility index (Phi) is 5.20. The predicted octanol–water partition coefficient (Wildman–Crippen LogP) is -0.654. The van der Waals surface area contributed by atoms with E-state index < -0.39 is 0 Å². The monoisotopic (exact) mass is 141 g/mol. The van der Waals surface area contributed by atoms with E-state index in [4.69, 9.17) is 17.4 Å². The van der Waals surface area contributed by atoms with Gasteiger partial charge in [0.15, 0.2) is 5.84 Å². The van der Waals surface area contributed by atoms with Crippen molar-refractivity contribution >= 4 is 5.84 Å². The second-order valence-electron chi connectivity index (χ2n) is 1.72. The molecule has 0 aromatic heterocycles. The van der Waals surface area contributed by atoms with E-state index in [0.717, 1.165) is 0 Å². The number of nitrogens with zero attached hydrogens (tertiary/aromatic N) is 1. The maximum Gasteiger partial charge on any atom is 0.153 e. The highest BCUT2D eigenvalue weighted by molar-refractivity contribution is 5.81. The van der Waals surface area contributed by atoms with E-state index in [2.05, 4.69) is 16.4 Å². The fourth-order valence-electron chi connectivity index (χ4n) is 0.412. The Morgan fingerprint density at radius 2 is 2.50 bits per heavy atom. The number of amidine groups is 1. The van der Waals surface area contributed by atoms with Crippen LogP contribution >= 0.6 is 0 Å². The summed E-state index contributed by atoms with van der Waals surface area (Å²) in [6.07, 6.45) is 5.63. The highest BCUT2D eigenvalue weighted by Gasteiger charge is 1.88. The number of nitrogens with two attached hydrogens (primary N) is 1. The van der Waals surface area contributed by atoms with Crippen LogP contribution in [0.3, 0.4) is 0 Å². The van der Waals surface area contributed by atoms with Crippen molar-refractivity contribution < 1.29 is 5.21 Å². The number of terminal acetylenes is 1. The first kappa shape index (κ1) is 8.79. The molecule has 4 heteroatoms. The van der Waals surface area contributed by atoms with Crippen LogP contribution in [-0.2, 0) is 0 Å². The van der Waals surface area contributed by atoms with E-state index in [-0.39, 0.29) is 5.84 Å². The Morgan fingerprint density at radius 3 is 3.00 bits per heavy atom. The van der Waals surface area contributed by atoms with Crippen LogP contribution in [-0.4, -0.2) is 24.1 Å². The normalized spacial score (nSPS) is 10.9. The first-order chi connectivity index (χ1) is 4.81. The lowest BCUT2D eigenvalue weighted by molar-refractivity contribution is 0.317. The van der Waals surface area contributed by atoms with Crippen molar-refractivity contribution in [2.24, 2.45) is 10.9 Å². The predicted molar refractivity (Wildman–Crippen MR) is 39.7 cm³/mol. The van der Waals surface area contributed by atoms with Gasteiger partial charge in [-0.25, -0.2) is 0 Å². The molecule has 0 aromatic carbocycles. The first-order valence-corrected chi connectivity index (χ1v) is 2.92. The van der Waals surface area contributed by atoms with Crippen LogP contribution < -0.4 is 11.1 Å². The molecule has 4 N–H and O–H groups in total. The highest BCUT2D eigenvalue weighted by Crippen LogP contribution is 1.69. The van der Waals surface area contributed by atoms with Crippen molar-refractivity contribution in [3.63, 3.8) is 0 Å². The minimum absolute atomic E-state index is 0.164. The van der Waals surface area contributed by atoms with E-state index in [0.29, 0.717) is 19.5 Å². The lowest BCUT2D eigenvalue weighted by Gasteiger charge is -1.98. The Hall–Kier alpha value is -1.21. The van der Waals surface area contributed by atoms with Gasteiger partial charge < -0.3 is 16.3 Å². The first-order valence-electron chi connectivity index (χ1n) is 2.92. The molecule has 0 radical (unpaired) electrons. The molecule has 0 saturated carbocycles. The summed E-state index contributed by atoms with van der Waals surface area (Å²) in [4.78, 5) is 0. The molecule has 0 unspecified atom stereocenters. The van der Waals surface area contributed by atoms with Gasteiger partial charge in [0.05, 0.1) is 6.54 Å². The molecule has 0 aliphatic heterocycles. The molecular formula is C6H11N3O. The third-order valence-electron chi connectivity index (χ3n) is 0.881. The molecule has 0 fully saturated rings. The minimum atomic E-state index is 0.164. The van der Waals surface area contributed by atoms with Crippen LogP contribution in [0.15, 0.2) is 5.16 Å². The number of nitrogens with one attached hydrogen (secondary N) is 1. The van der Waals surface area contributed by atoms with Gasteiger partial charge in [-0.1, -0.05) is 5.16 Å². The van der Waals surface area contributed by atoms with Crippen molar-refractivity contribution in [1.29, 1.82) is 0 Å². The molecule has 0 atom stereocenters. The molecule has 4 nitrogen and oxygen atoms in total. The molecule has 56 valence electrons. The topological polar surface area (TPSA) is 70.6 Å². The van der Waals surface area contributed by atoms with Gasteiger partial charge in [-0.2, -0.15) is 0 Å². The Bertz CT molecular complexity index is 148. The van der Waals surface area contributed by atoms with Crippen molar-refractivity contribution in [2.45, 2.75) is 6.42 Å². The van der Waals surface area contributed by atoms with E-state index in [1.54, 1.807) is 0 Å². The summed E-state index contributed by atoms with van der Waals surface area (Å²) < 4.78 is 0. The van der Waals surface area contributed by atoms with Crippen LogP contribution in [0.5, 0.6) is 0 Å². The number of rotatable bonds is 4. The standard InChI is InChI=1S/C6H11N3O/c1-2-3-4-8-5-6(7)9-10/h1,8,10H,3-5H2,(H2,7,9). The summed E-state index contributed by atoms with van der Waals surface area (Å²) in [5, 5.41) is 13.7. The smallest absolute Gasteiger partial charge is 0.153 e. The van der Waals surface area contributed by atoms with Gasteiger partial charge in [-0.3, -0.25) is 0 Å². The van der Waals surface area contributed by atoms with Crippen molar-refractivity contribution in [2.75, 3.05) is 13.1 Å². The molecule has 0 spiro atoms. The number of hydrogen-bond acceptors (Lipinski definition) is 3. The zero-order valence-corrected chi connectivity index (χ0v) is 5.67. The Morgan fingerprint density at radius 1 is 1.80 bits per heavy atom. The molecule has 0 aromatic rings. The molecule has 0 rings (SSSR count). The van der Waals surface area contributed by atoms with Crippen LogP contribution in [0.1, 0.15) is 6.42 Å². The lowest BCUT2D eigenvalue weighted by Crippen LogP contribution is -2.29. The average molecular weight is 141 g/mol. The number of hydrogen-bond donors (Lipinski definition) is 3. The zero-order valence-electron chi connectivity index (χ0n) is 5.67. The van der Waals surface area contributed by atoms with Gasteiger partial charge in [0.2, 0.25) is 0 Å². The van der Waals surface area contributed by atoms with Crippen LogP contribution in [0.2, 0.25) is 0 Å². The van der Waals surface area contributed by atoms with Gasteiger partial charge in [0.1, 0.15) is 0 Å². The molecular weight excluding hydrogens is 130 g/mol. The lowest BCUT2D eigenvalue weighted by atomic mass is 10.4. The van der Waals surface area contributed by atoms with Crippen molar-refractivity contribution in [3.8, 4) is 12.3 Å². The molecule has 0 aliphatic rings. The second-order valence-corrected chi connectivity index (χ2v) is 1.72. The van der Waals surface area contributed by atoms with Gasteiger partial charge in [-0.05, 0) is 0 Å². The van der Waals surface area contributed by atoms with E-state index in [1.807, 2.05) is 0 Å². The maximum atomic E-state index is 8.07. The van der Waals surface area contributed by atoms with E-state index in [9.17, 15) is 0 Å². The van der Waals surface area contributed by atoms with Gasteiger partial charge >= 0.3 is 0 Å². The largest absolute Gasteiger partial charge is 0.409 e. The van der Waals surface area contributed by atoms with Crippen LogP contribution in [0.25, 0.3) is 0 Å². The van der Waals surface area contributed by atoms with E-state index in [1.165, 1.54) is 0 Å². The second kappa shape index (κ2) is 5.92. The fourth-order valence-corrected chi connectivity index (χ4v) is 0.412. The molecule has 0 bridgehead atoms. The molecule has 0 heterocycles. The van der Waals surface area contributed by atoms with Crippen LogP contribution in [0, 0.1) is 12.3 Å². The summed E-state index contributed by atoms with van der Waals surface area (Å²) in [6.45, 7) is 1.06. The minimum Gasteiger partial charge on any atom is -0.409 e. The summed E-state index contributed by atoms with van der Waals surface area (Å²) in [5.41, 5.74) is 5.14. The third-order valence-corrected chi connectivity index (χ3v) is 0.881. The van der Waals surface area contributed by atoms with Gasteiger partial charge in [0, 0.05) is 13.0 Å². The van der Waals surface area contributed by atoms with Gasteiger partial charge in [-0.15, -0.1) is 12.3 Å². The summed E-state index contributed by atoms with van der Waals surface area (Å²) in [6, 6.07) is 0. The Labute approximate surface area is 60.1 Å². The maximum absolute atomic E-state index is 8.07. The fraction of sp³-hybridized carbons (Fsp3) is 0.500. The van der Waals surface area contributed by atoms with E-state index >= 15 is 0 Å². The average Bonchev–Trinajstić information content (AvgIpc) is 1.98. The molecule has 10 heavy (non-hydrogen) atoms. The quantitative estimate of drug-likeness (QED) is 0.122. The highest BCUT2D eigenvalue weighted by atomic mass is 16.4. The zero-order chi connectivity index (χ0) is 7.82. The summed E-state index contributed by atoms with van der Waals surface area (Å²) in [7, 11) is 0. The number of oxime groups is 1. The Balaban J connectivity index is 3.14. The summed E-state index contributed by atoms with van der Waals surface area (Å²) >= 11 is 0. The molecule has 0 aliphatic carbocycles. The third kappa shape index (κ3) is 4.94. The van der Waals surface area contributed by atoms with Crippen LogP contribution in [0.4, 0.5) is 0 Å². The molecule has 0 amide bonds. The van der Waals surface area contributed by atoms with Gasteiger partial charge in [0.25, 0.3) is 0 Å². The van der Waals surface area contributed by atoms with Crippen molar-refractivity contribution in [3.05, 3.63) is 0 Å². The molecule has 0 saturated heterocycles. The summed E-state index contributed by atoms with van der Waals surface area (Å²) in [5.74, 6) is 2.62.